The molecule has 0 radical (unpaired) electrons. The van der Waals surface area contributed by atoms with Crippen molar-refractivity contribution >= 4 is 0 Å². The van der Waals surface area contributed by atoms with E-state index >= 15 is 0 Å². The summed E-state index contributed by atoms with van der Waals surface area (Å²) >= 11 is 0. The van der Waals surface area contributed by atoms with Crippen LogP contribution in [0.3, 0.4) is 0 Å². The molecule has 0 amide bonds. The lowest BCUT2D eigenvalue weighted by Gasteiger charge is -2.18. The third-order valence-corrected chi connectivity index (χ3v) is 3.34. The van der Waals surface area contributed by atoms with Gasteiger partial charge in [-0.15, -0.1) is 0 Å². The number of nitrogens with zero attached hydrogens (tertiary/aromatic N) is 2. The Labute approximate surface area is 109 Å². The van der Waals surface area contributed by atoms with Crippen molar-refractivity contribution in [2.24, 2.45) is 0 Å². The van der Waals surface area contributed by atoms with Crippen LogP contribution in [0.5, 0.6) is 0 Å². The molecule has 18 heavy (non-hydrogen) atoms. The first-order chi connectivity index (χ1) is 8.65. The van der Waals surface area contributed by atoms with Crippen LogP contribution in [0.4, 0.5) is 0 Å². The van der Waals surface area contributed by atoms with E-state index in [-0.39, 0.29) is 6.04 Å². The molecule has 2 rings (SSSR count). The molecule has 1 aromatic carbocycles. The van der Waals surface area contributed by atoms with Crippen molar-refractivity contribution in [3.05, 3.63) is 52.8 Å². The maximum atomic E-state index is 4.36. The van der Waals surface area contributed by atoms with E-state index in [2.05, 4.69) is 55.6 Å². The van der Waals surface area contributed by atoms with Crippen LogP contribution < -0.4 is 5.32 Å². The molecule has 96 valence electrons. The van der Waals surface area contributed by atoms with E-state index in [4.69, 9.17) is 0 Å². The first-order valence-electron chi connectivity index (χ1n) is 6.42. The van der Waals surface area contributed by atoms with Gasteiger partial charge in [0, 0.05) is 18.3 Å². The van der Waals surface area contributed by atoms with E-state index in [1.165, 1.54) is 22.3 Å². The van der Waals surface area contributed by atoms with Crippen molar-refractivity contribution in [2.75, 3.05) is 7.05 Å². The fourth-order valence-corrected chi connectivity index (χ4v) is 2.27. The summed E-state index contributed by atoms with van der Waals surface area (Å²) < 4.78 is 1.96. The molecule has 0 spiro atoms. The van der Waals surface area contributed by atoms with E-state index in [0.717, 1.165) is 6.54 Å². The second-order valence-electron chi connectivity index (χ2n) is 4.71. The molecule has 1 aromatic heterocycles. The average molecular weight is 243 g/mol. The standard InChI is InChI=1S/C15H21N3/c1-5-18-10-13(9-17-18)15(16-4)14-8-11(2)6-7-12(14)3/h6-10,15-16H,5H2,1-4H3. The number of aromatic nitrogens is 2. The van der Waals surface area contributed by atoms with Crippen molar-refractivity contribution in [3.8, 4) is 0 Å². The van der Waals surface area contributed by atoms with Crippen LogP contribution in [0.2, 0.25) is 0 Å². The van der Waals surface area contributed by atoms with E-state index in [9.17, 15) is 0 Å². The van der Waals surface area contributed by atoms with Gasteiger partial charge in [0.05, 0.1) is 12.2 Å². The highest BCUT2D eigenvalue weighted by atomic mass is 15.3. The zero-order chi connectivity index (χ0) is 13.1. The summed E-state index contributed by atoms with van der Waals surface area (Å²) in [7, 11) is 2.00. The molecule has 1 atom stereocenters. The Bertz CT molecular complexity index is 528. The Morgan fingerprint density at radius 1 is 1.33 bits per heavy atom. The summed E-state index contributed by atoms with van der Waals surface area (Å²) in [6.07, 6.45) is 4.06. The highest BCUT2D eigenvalue weighted by Gasteiger charge is 2.15. The summed E-state index contributed by atoms with van der Waals surface area (Å²) in [4.78, 5) is 0. The molecule has 0 saturated heterocycles. The minimum absolute atomic E-state index is 0.213. The molecule has 0 fully saturated rings. The number of rotatable bonds is 4. The van der Waals surface area contributed by atoms with Gasteiger partial charge in [0.15, 0.2) is 0 Å². The van der Waals surface area contributed by atoms with Crippen molar-refractivity contribution in [3.63, 3.8) is 0 Å². The molecule has 2 aromatic rings. The highest BCUT2D eigenvalue weighted by Crippen LogP contribution is 2.25. The predicted octanol–water partition coefficient (Wildman–Crippen LogP) is 2.83. The normalized spacial score (nSPS) is 12.7. The molecule has 1 heterocycles. The van der Waals surface area contributed by atoms with Gasteiger partial charge in [0.2, 0.25) is 0 Å². The lowest BCUT2D eigenvalue weighted by Crippen LogP contribution is -2.18. The first kappa shape index (κ1) is 12.8. The summed E-state index contributed by atoms with van der Waals surface area (Å²) in [6.45, 7) is 7.29. The van der Waals surface area contributed by atoms with Crippen LogP contribution in [0.15, 0.2) is 30.6 Å². The van der Waals surface area contributed by atoms with Crippen LogP contribution >= 0.6 is 0 Å². The Morgan fingerprint density at radius 2 is 2.11 bits per heavy atom. The Morgan fingerprint density at radius 3 is 2.72 bits per heavy atom. The van der Waals surface area contributed by atoms with Gasteiger partial charge >= 0.3 is 0 Å². The van der Waals surface area contributed by atoms with Gasteiger partial charge in [-0.3, -0.25) is 4.68 Å². The van der Waals surface area contributed by atoms with Gasteiger partial charge in [0.25, 0.3) is 0 Å². The number of hydrogen-bond acceptors (Lipinski definition) is 2. The topological polar surface area (TPSA) is 29.9 Å². The SMILES string of the molecule is CCn1cc(C(NC)c2cc(C)ccc2C)cn1. The zero-order valence-corrected chi connectivity index (χ0v) is 11.6. The second-order valence-corrected chi connectivity index (χ2v) is 4.71. The molecular weight excluding hydrogens is 222 g/mol. The van der Waals surface area contributed by atoms with Gasteiger partial charge in [-0.1, -0.05) is 23.8 Å². The quantitative estimate of drug-likeness (QED) is 0.895. The van der Waals surface area contributed by atoms with Gasteiger partial charge in [-0.05, 0) is 38.9 Å². The second kappa shape index (κ2) is 5.36. The number of nitrogens with one attached hydrogen (secondary N) is 1. The summed E-state index contributed by atoms with van der Waals surface area (Å²) in [5.41, 5.74) is 5.14. The summed E-state index contributed by atoms with van der Waals surface area (Å²) in [5.74, 6) is 0. The zero-order valence-electron chi connectivity index (χ0n) is 11.6. The molecule has 1 N–H and O–H groups in total. The average Bonchev–Trinajstić information content (AvgIpc) is 2.83. The monoisotopic (exact) mass is 243 g/mol. The molecule has 3 nitrogen and oxygen atoms in total. The van der Waals surface area contributed by atoms with Gasteiger partial charge in [0.1, 0.15) is 0 Å². The van der Waals surface area contributed by atoms with Gasteiger partial charge in [-0.2, -0.15) is 5.10 Å². The molecule has 0 saturated carbocycles. The molecule has 3 heteroatoms. The van der Waals surface area contributed by atoms with Crippen molar-refractivity contribution in [2.45, 2.75) is 33.4 Å². The molecular formula is C15H21N3. The fraction of sp³-hybridized carbons (Fsp3) is 0.400. The molecule has 1 unspecified atom stereocenters. The van der Waals surface area contributed by atoms with Crippen LogP contribution in [-0.2, 0) is 6.54 Å². The Balaban J connectivity index is 2.41. The summed E-state index contributed by atoms with van der Waals surface area (Å²) in [5, 5.41) is 7.74. The Hall–Kier alpha value is -1.61. The highest BCUT2D eigenvalue weighted by molar-refractivity contribution is 5.37. The van der Waals surface area contributed by atoms with E-state index in [1.54, 1.807) is 0 Å². The van der Waals surface area contributed by atoms with Gasteiger partial charge in [-0.25, -0.2) is 0 Å². The smallest absolute Gasteiger partial charge is 0.0608 e. The molecule has 0 bridgehead atoms. The van der Waals surface area contributed by atoms with Crippen LogP contribution in [-0.4, -0.2) is 16.8 Å². The minimum Gasteiger partial charge on any atom is -0.309 e. The molecule has 0 aliphatic heterocycles. The third kappa shape index (κ3) is 2.46. The van der Waals surface area contributed by atoms with Crippen molar-refractivity contribution in [1.82, 2.24) is 15.1 Å². The first-order valence-corrected chi connectivity index (χ1v) is 6.42. The van der Waals surface area contributed by atoms with E-state index < -0.39 is 0 Å². The van der Waals surface area contributed by atoms with Crippen LogP contribution in [0.25, 0.3) is 0 Å². The van der Waals surface area contributed by atoms with Crippen molar-refractivity contribution < 1.29 is 0 Å². The number of hydrogen-bond donors (Lipinski definition) is 1. The predicted molar refractivity (Wildman–Crippen MR) is 74.7 cm³/mol. The lowest BCUT2D eigenvalue weighted by molar-refractivity contribution is 0.653. The largest absolute Gasteiger partial charge is 0.309 e. The van der Waals surface area contributed by atoms with Gasteiger partial charge < -0.3 is 5.32 Å². The fourth-order valence-electron chi connectivity index (χ4n) is 2.27. The minimum atomic E-state index is 0.213. The van der Waals surface area contributed by atoms with Crippen LogP contribution in [0, 0.1) is 13.8 Å². The molecule has 0 aliphatic rings. The lowest BCUT2D eigenvalue weighted by atomic mass is 9.95. The number of aryl methyl sites for hydroxylation is 3. The Kier molecular flexibility index (Phi) is 3.82. The van der Waals surface area contributed by atoms with E-state index in [1.807, 2.05) is 17.9 Å². The summed E-state index contributed by atoms with van der Waals surface area (Å²) in [6, 6.07) is 6.80. The van der Waals surface area contributed by atoms with E-state index in [0.29, 0.717) is 0 Å². The number of benzene rings is 1. The van der Waals surface area contributed by atoms with Crippen molar-refractivity contribution in [1.29, 1.82) is 0 Å². The molecule has 0 aliphatic carbocycles. The van der Waals surface area contributed by atoms with Crippen LogP contribution in [0.1, 0.15) is 35.2 Å². The maximum Gasteiger partial charge on any atom is 0.0608 e. The third-order valence-electron chi connectivity index (χ3n) is 3.34. The maximum absolute atomic E-state index is 4.36.